The maximum absolute atomic E-state index is 12.0. The van der Waals surface area contributed by atoms with E-state index in [-0.39, 0.29) is 31.0 Å². The van der Waals surface area contributed by atoms with Crippen LogP contribution in [0, 0.1) is 18.3 Å². The molecule has 1 heterocycles. The Kier molecular flexibility index (Phi) is 6.15. The summed E-state index contributed by atoms with van der Waals surface area (Å²) >= 11 is 1.36. The lowest BCUT2D eigenvalue weighted by molar-refractivity contribution is -0.144. The Morgan fingerprint density at radius 3 is 2.67 bits per heavy atom. The van der Waals surface area contributed by atoms with Gasteiger partial charge in [-0.05, 0) is 37.3 Å². The third-order valence-electron chi connectivity index (χ3n) is 3.46. The van der Waals surface area contributed by atoms with Crippen LogP contribution in [0.3, 0.4) is 0 Å². The summed E-state index contributed by atoms with van der Waals surface area (Å²) in [6, 6.07) is 8.86. The normalized spacial score (nSPS) is 10.2. The number of H-pyrrole nitrogens is 1. The van der Waals surface area contributed by atoms with Crippen molar-refractivity contribution in [3.05, 3.63) is 57.0 Å². The highest BCUT2D eigenvalue weighted by Gasteiger charge is 2.11. The fraction of sp³-hybridized carbons (Fsp3) is 0.294. The van der Waals surface area contributed by atoms with E-state index in [9.17, 15) is 9.59 Å². The standard InChI is InChI=1S/C17H17N3O3S/c1-11-14(16(22)20-17(19-11)24-2)7-8-15(21)23-10-13-5-3-12(9-18)4-6-13/h3-6H,7-8,10H2,1-2H3,(H,19,20,22). The van der Waals surface area contributed by atoms with Crippen LogP contribution in [-0.2, 0) is 22.6 Å². The molecule has 6 nitrogen and oxygen atoms in total. The second kappa shape index (κ2) is 8.31. The molecule has 2 rings (SSSR count). The van der Waals surface area contributed by atoms with Gasteiger partial charge < -0.3 is 9.72 Å². The minimum absolute atomic E-state index is 0.112. The molecule has 0 aliphatic rings. The number of hydrogen-bond acceptors (Lipinski definition) is 6. The molecule has 24 heavy (non-hydrogen) atoms. The number of hydrogen-bond donors (Lipinski definition) is 1. The molecular weight excluding hydrogens is 326 g/mol. The van der Waals surface area contributed by atoms with E-state index in [0.717, 1.165) is 5.56 Å². The number of carbonyl (C=O) groups excluding carboxylic acids is 1. The average molecular weight is 343 g/mol. The molecule has 0 saturated carbocycles. The van der Waals surface area contributed by atoms with Gasteiger partial charge in [-0.25, -0.2) is 4.98 Å². The number of aromatic nitrogens is 2. The quantitative estimate of drug-likeness (QED) is 0.491. The monoisotopic (exact) mass is 343 g/mol. The second-order valence-corrected chi connectivity index (χ2v) is 5.90. The highest BCUT2D eigenvalue weighted by Crippen LogP contribution is 2.10. The number of nitriles is 1. The first-order valence-electron chi connectivity index (χ1n) is 7.32. The van der Waals surface area contributed by atoms with Gasteiger partial charge in [-0.15, -0.1) is 0 Å². The molecule has 0 bridgehead atoms. The lowest BCUT2D eigenvalue weighted by Crippen LogP contribution is -2.18. The maximum Gasteiger partial charge on any atom is 0.306 e. The van der Waals surface area contributed by atoms with Gasteiger partial charge in [0.05, 0.1) is 11.6 Å². The molecule has 0 spiro atoms. The average Bonchev–Trinajstić information content (AvgIpc) is 2.59. The number of thioether (sulfide) groups is 1. The van der Waals surface area contributed by atoms with Crippen LogP contribution in [0.25, 0.3) is 0 Å². The van der Waals surface area contributed by atoms with Gasteiger partial charge in [-0.2, -0.15) is 5.26 Å². The van der Waals surface area contributed by atoms with E-state index in [2.05, 4.69) is 9.97 Å². The zero-order chi connectivity index (χ0) is 17.5. The van der Waals surface area contributed by atoms with E-state index < -0.39 is 0 Å². The van der Waals surface area contributed by atoms with Crippen molar-refractivity contribution in [3.63, 3.8) is 0 Å². The molecule has 0 radical (unpaired) electrons. The molecule has 1 N–H and O–H groups in total. The molecular formula is C17H17N3O3S. The molecule has 0 amide bonds. The van der Waals surface area contributed by atoms with Gasteiger partial charge in [0.2, 0.25) is 0 Å². The molecule has 0 atom stereocenters. The number of nitrogens with zero attached hydrogens (tertiary/aromatic N) is 2. The Morgan fingerprint density at radius 1 is 1.38 bits per heavy atom. The summed E-state index contributed by atoms with van der Waals surface area (Å²) in [6.45, 7) is 1.90. The molecule has 0 fully saturated rings. The number of carbonyl (C=O) groups is 1. The maximum atomic E-state index is 12.0. The summed E-state index contributed by atoms with van der Waals surface area (Å²) in [5, 5.41) is 9.29. The predicted octanol–water partition coefficient (Wildman–Crippen LogP) is 2.35. The molecule has 0 unspecified atom stereocenters. The number of ether oxygens (including phenoxy) is 1. The topological polar surface area (TPSA) is 95.8 Å². The van der Waals surface area contributed by atoms with Gasteiger partial charge >= 0.3 is 5.97 Å². The molecule has 0 saturated heterocycles. The van der Waals surface area contributed by atoms with Gasteiger partial charge in [0.25, 0.3) is 5.56 Å². The molecule has 1 aromatic heterocycles. The van der Waals surface area contributed by atoms with E-state index in [1.807, 2.05) is 12.3 Å². The number of benzene rings is 1. The van der Waals surface area contributed by atoms with Crippen molar-refractivity contribution in [2.75, 3.05) is 6.26 Å². The van der Waals surface area contributed by atoms with Gasteiger partial charge in [0.15, 0.2) is 5.16 Å². The molecule has 124 valence electrons. The van der Waals surface area contributed by atoms with Crippen molar-refractivity contribution in [2.24, 2.45) is 0 Å². The summed E-state index contributed by atoms with van der Waals surface area (Å²) in [5.74, 6) is -0.382. The van der Waals surface area contributed by atoms with Gasteiger partial charge in [0, 0.05) is 17.7 Å². The van der Waals surface area contributed by atoms with Crippen LogP contribution in [0.5, 0.6) is 0 Å². The highest BCUT2D eigenvalue weighted by molar-refractivity contribution is 7.98. The Bertz CT molecular complexity index is 822. The zero-order valence-corrected chi connectivity index (χ0v) is 14.3. The van der Waals surface area contributed by atoms with E-state index in [1.165, 1.54) is 11.8 Å². The van der Waals surface area contributed by atoms with Gasteiger partial charge in [0.1, 0.15) is 6.61 Å². The first kappa shape index (κ1) is 17.8. The number of esters is 1. The smallest absolute Gasteiger partial charge is 0.306 e. The van der Waals surface area contributed by atoms with Crippen molar-refractivity contribution in [1.29, 1.82) is 5.26 Å². The van der Waals surface area contributed by atoms with E-state index in [4.69, 9.17) is 10.00 Å². The van der Waals surface area contributed by atoms with Crippen LogP contribution >= 0.6 is 11.8 Å². The predicted molar refractivity (Wildman–Crippen MR) is 90.6 cm³/mol. The van der Waals surface area contributed by atoms with E-state index >= 15 is 0 Å². The SMILES string of the molecule is CSc1nc(C)c(CCC(=O)OCc2ccc(C#N)cc2)c(=O)[nH]1. The number of aromatic amines is 1. The van der Waals surface area contributed by atoms with Gasteiger partial charge in [-0.1, -0.05) is 23.9 Å². The van der Waals surface area contributed by atoms with Crippen LogP contribution in [0.2, 0.25) is 0 Å². The number of nitrogens with one attached hydrogen (secondary N) is 1. The van der Waals surface area contributed by atoms with Crippen LogP contribution in [0.1, 0.15) is 28.8 Å². The summed E-state index contributed by atoms with van der Waals surface area (Å²) in [4.78, 5) is 30.8. The van der Waals surface area contributed by atoms with Crippen LogP contribution in [0.15, 0.2) is 34.2 Å². The van der Waals surface area contributed by atoms with Crippen molar-refractivity contribution in [3.8, 4) is 6.07 Å². The highest BCUT2D eigenvalue weighted by atomic mass is 32.2. The van der Waals surface area contributed by atoms with Gasteiger partial charge in [-0.3, -0.25) is 9.59 Å². The van der Waals surface area contributed by atoms with Crippen molar-refractivity contribution < 1.29 is 9.53 Å². The number of rotatable bonds is 6. The third kappa shape index (κ3) is 4.70. The van der Waals surface area contributed by atoms with Crippen molar-refractivity contribution in [1.82, 2.24) is 9.97 Å². The fourth-order valence-electron chi connectivity index (χ4n) is 2.11. The minimum atomic E-state index is -0.382. The van der Waals surface area contributed by atoms with E-state index in [1.54, 1.807) is 31.2 Å². The third-order valence-corrected chi connectivity index (χ3v) is 4.04. The lowest BCUT2D eigenvalue weighted by atomic mass is 10.1. The Morgan fingerprint density at radius 2 is 2.08 bits per heavy atom. The Labute approximate surface area is 143 Å². The van der Waals surface area contributed by atoms with Crippen molar-refractivity contribution >= 4 is 17.7 Å². The molecule has 7 heteroatoms. The van der Waals surface area contributed by atoms with Crippen LogP contribution in [-0.4, -0.2) is 22.2 Å². The Balaban J connectivity index is 1.89. The molecule has 0 aliphatic heterocycles. The second-order valence-electron chi connectivity index (χ2n) is 5.11. The van der Waals surface area contributed by atoms with Crippen LogP contribution in [0.4, 0.5) is 0 Å². The lowest BCUT2D eigenvalue weighted by Gasteiger charge is -2.07. The number of aryl methyl sites for hydroxylation is 1. The summed E-state index contributed by atoms with van der Waals surface area (Å²) in [7, 11) is 0. The van der Waals surface area contributed by atoms with Crippen LogP contribution < -0.4 is 5.56 Å². The first-order chi connectivity index (χ1) is 11.5. The zero-order valence-electron chi connectivity index (χ0n) is 13.5. The minimum Gasteiger partial charge on any atom is -0.461 e. The first-order valence-corrected chi connectivity index (χ1v) is 8.54. The van der Waals surface area contributed by atoms with E-state index in [0.29, 0.717) is 22.0 Å². The van der Waals surface area contributed by atoms with Crippen molar-refractivity contribution in [2.45, 2.75) is 31.5 Å². The molecule has 1 aromatic carbocycles. The fourth-order valence-corrected chi connectivity index (χ4v) is 2.54. The molecule has 2 aromatic rings. The summed E-state index contributed by atoms with van der Waals surface area (Å²) < 4.78 is 5.19. The Hall–Kier alpha value is -2.59. The summed E-state index contributed by atoms with van der Waals surface area (Å²) in [5.41, 5.74) is 2.28. The summed E-state index contributed by atoms with van der Waals surface area (Å²) in [6.07, 6.45) is 2.23. The molecule has 0 aliphatic carbocycles. The largest absolute Gasteiger partial charge is 0.461 e.